The van der Waals surface area contributed by atoms with Crippen molar-refractivity contribution >= 4 is 0 Å². The molecule has 0 saturated carbocycles. The second kappa shape index (κ2) is 1.78. The quantitative estimate of drug-likeness (QED) is 0.434. The van der Waals surface area contributed by atoms with Crippen LogP contribution in [0.1, 0.15) is 0 Å². The van der Waals surface area contributed by atoms with Gasteiger partial charge >= 0.3 is 0 Å². The summed E-state index contributed by atoms with van der Waals surface area (Å²) in [4.78, 5) is 2.19. The van der Waals surface area contributed by atoms with E-state index >= 15 is 0 Å². The third-order valence-electron chi connectivity index (χ3n) is 1.06. The van der Waals surface area contributed by atoms with Gasteiger partial charge in [-0.15, -0.1) is 0 Å². The van der Waals surface area contributed by atoms with Crippen LogP contribution < -0.4 is 5.43 Å². The van der Waals surface area contributed by atoms with E-state index in [9.17, 15) is 0 Å². The van der Waals surface area contributed by atoms with Crippen molar-refractivity contribution in [1.29, 1.82) is 0 Å². The van der Waals surface area contributed by atoms with Gasteiger partial charge in [-0.3, -0.25) is 4.90 Å². The highest BCUT2D eigenvalue weighted by Gasteiger charge is 2.08. The Morgan fingerprint density at radius 2 is 2.14 bits per heavy atom. The maximum Gasteiger partial charge on any atom is 0.0651 e. The lowest BCUT2D eigenvalue weighted by molar-refractivity contribution is 0.283. The Bertz CT molecular complexity index is 56.0. The van der Waals surface area contributed by atoms with Crippen LogP contribution in [0.2, 0.25) is 0 Å². The molecule has 42 valence electrons. The molecule has 0 aromatic carbocycles. The fraction of sp³-hybridized carbons (Fsp3) is 1.00. The zero-order valence-electron chi connectivity index (χ0n) is 4.81. The van der Waals surface area contributed by atoms with E-state index in [-0.39, 0.29) is 0 Å². The summed E-state index contributed by atoms with van der Waals surface area (Å²) in [6.45, 7) is 2.01. The summed E-state index contributed by atoms with van der Waals surface area (Å²) in [6.07, 6.45) is 0. The predicted octanol–water partition coefficient (Wildman–Crippen LogP) is -0.717. The van der Waals surface area contributed by atoms with Crippen molar-refractivity contribution in [2.24, 2.45) is 0 Å². The molecular weight excluding hydrogens is 90.1 g/mol. The first kappa shape index (κ1) is 5.03. The fourth-order valence-corrected chi connectivity index (χ4v) is 0.704. The van der Waals surface area contributed by atoms with Crippen LogP contribution in [0.5, 0.6) is 0 Å². The molecule has 1 heterocycles. The van der Waals surface area contributed by atoms with Crippen molar-refractivity contribution < 1.29 is 0 Å². The molecule has 0 atom stereocenters. The van der Waals surface area contributed by atoms with Crippen molar-refractivity contribution in [3.05, 3.63) is 0 Å². The van der Waals surface area contributed by atoms with Crippen molar-refractivity contribution in [2.75, 3.05) is 27.4 Å². The van der Waals surface area contributed by atoms with Gasteiger partial charge in [0.2, 0.25) is 0 Å². The summed E-state index contributed by atoms with van der Waals surface area (Å²) in [7, 11) is 4.11. The molecule has 7 heavy (non-hydrogen) atoms. The minimum absolute atomic E-state index is 0.983. The van der Waals surface area contributed by atoms with E-state index < -0.39 is 0 Å². The van der Waals surface area contributed by atoms with Gasteiger partial charge in [0.15, 0.2) is 0 Å². The number of hydrogen-bond acceptors (Lipinski definition) is 3. The van der Waals surface area contributed by atoms with Gasteiger partial charge in [-0.25, -0.2) is 10.4 Å². The summed E-state index contributed by atoms with van der Waals surface area (Å²) in [5.41, 5.74) is 3.13. The fourth-order valence-electron chi connectivity index (χ4n) is 0.704. The van der Waals surface area contributed by atoms with Gasteiger partial charge in [-0.05, 0) is 7.05 Å². The summed E-state index contributed by atoms with van der Waals surface area (Å²) < 4.78 is 0. The molecule has 0 aromatic rings. The van der Waals surface area contributed by atoms with E-state index in [1.54, 1.807) is 0 Å². The van der Waals surface area contributed by atoms with Gasteiger partial charge in [0.25, 0.3) is 0 Å². The lowest BCUT2D eigenvalue weighted by atomic mass is 10.9. The van der Waals surface area contributed by atoms with Gasteiger partial charge in [0, 0.05) is 7.05 Å². The summed E-state index contributed by atoms with van der Waals surface area (Å²) in [5, 5.41) is 2.06. The Balaban J connectivity index is 2.26. The molecule has 0 amide bonds. The van der Waals surface area contributed by atoms with E-state index in [4.69, 9.17) is 0 Å². The van der Waals surface area contributed by atoms with Crippen molar-refractivity contribution in [3.63, 3.8) is 0 Å². The summed E-state index contributed by atoms with van der Waals surface area (Å²) >= 11 is 0. The zero-order valence-corrected chi connectivity index (χ0v) is 4.81. The van der Waals surface area contributed by atoms with Crippen molar-refractivity contribution in [3.8, 4) is 0 Å². The van der Waals surface area contributed by atoms with Crippen molar-refractivity contribution in [1.82, 2.24) is 15.3 Å². The average Bonchev–Trinajstić information content (AvgIpc) is 1.87. The van der Waals surface area contributed by atoms with Crippen LogP contribution in [-0.4, -0.2) is 37.3 Å². The largest absolute Gasteiger partial charge is 0.278 e. The Morgan fingerprint density at radius 3 is 2.29 bits per heavy atom. The first-order valence-corrected chi connectivity index (χ1v) is 2.42. The van der Waals surface area contributed by atoms with Gasteiger partial charge < -0.3 is 0 Å². The molecule has 0 aromatic heterocycles. The number of hydrogen-bond donors (Lipinski definition) is 1. The zero-order chi connectivity index (χ0) is 5.28. The van der Waals surface area contributed by atoms with E-state index in [1.165, 1.54) is 0 Å². The average molecular weight is 101 g/mol. The third-order valence-corrected chi connectivity index (χ3v) is 1.06. The van der Waals surface area contributed by atoms with Gasteiger partial charge in [-0.1, -0.05) is 0 Å². The molecule has 0 bridgehead atoms. The van der Waals surface area contributed by atoms with Crippen LogP contribution in [0.3, 0.4) is 0 Å². The molecular formula is C4H11N3. The van der Waals surface area contributed by atoms with E-state index in [0.29, 0.717) is 0 Å². The minimum Gasteiger partial charge on any atom is -0.278 e. The highest BCUT2D eigenvalue weighted by Crippen LogP contribution is 1.88. The van der Waals surface area contributed by atoms with E-state index in [2.05, 4.69) is 22.4 Å². The van der Waals surface area contributed by atoms with Crippen LogP contribution in [-0.2, 0) is 0 Å². The van der Waals surface area contributed by atoms with Gasteiger partial charge in [0.05, 0.1) is 13.3 Å². The molecule has 3 heteroatoms. The Labute approximate surface area is 43.9 Å². The highest BCUT2D eigenvalue weighted by molar-refractivity contribution is 4.52. The molecule has 0 aliphatic carbocycles. The first-order valence-electron chi connectivity index (χ1n) is 2.42. The number of nitrogens with one attached hydrogen (secondary N) is 1. The maximum absolute atomic E-state index is 3.13. The smallest absolute Gasteiger partial charge is 0.0651 e. The van der Waals surface area contributed by atoms with Crippen LogP contribution >= 0.6 is 0 Å². The Kier molecular flexibility index (Phi) is 1.27. The summed E-state index contributed by atoms with van der Waals surface area (Å²) in [6, 6.07) is 0. The molecule has 0 spiro atoms. The minimum atomic E-state index is 0.983. The van der Waals surface area contributed by atoms with Gasteiger partial charge in [0.1, 0.15) is 0 Å². The lowest BCUT2D eigenvalue weighted by Gasteiger charge is -2.04. The standard InChI is InChI=1S/C4H11N3/c1-6-3-5-7(2)4-6/h5H,3-4H2,1-2H3. The molecule has 1 aliphatic heterocycles. The molecule has 1 saturated heterocycles. The predicted molar refractivity (Wildman–Crippen MR) is 28.4 cm³/mol. The van der Waals surface area contributed by atoms with E-state index in [0.717, 1.165) is 13.3 Å². The number of hydrazine groups is 1. The molecule has 1 rings (SSSR count). The Hall–Kier alpha value is -0.120. The Morgan fingerprint density at radius 1 is 1.43 bits per heavy atom. The van der Waals surface area contributed by atoms with Crippen LogP contribution in [0.4, 0.5) is 0 Å². The van der Waals surface area contributed by atoms with E-state index in [1.807, 2.05) is 7.05 Å². The number of rotatable bonds is 0. The van der Waals surface area contributed by atoms with Crippen LogP contribution in [0, 0.1) is 0 Å². The summed E-state index contributed by atoms with van der Waals surface area (Å²) in [5.74, 6) is 0. The second-order valence-corrected chi connectivity index (χ2v) is 2.01. The van der Waals surface area contributed by atoms with Crippen LogP contribution in [0.15, 0.2) is 0 Å². The monoisotopic (exact) mass is 101 g/mol. The second-order valence-electron chi connectivity index (χ2n) is 2.01. The molecule has 1 aliphatic rings. The lowest BCUT2D eigenvalue weighted by Crippen LogP contribution is -2.25. The SMILES string of the molecule is CN1CNN(C)C1. The molecule has 1 fully saturated rings. The third kappa shape index (κ3) is 1.12. The topological polar surface area (TPSA) is 18.5 Å². The number of nitrogens with zero attached hydrogens (tertiary/aromatic N) is 2. The van der Waals surface area contributed by atoms with Crippen LogP contribution in [0.25, 0.3) is 0 Å². The molecule has 1 N–H and O–H groups in total. The molecule has 3 nitrogen and oxygen atoms in total. The normalized spacial score (nSPS) is 26.6. The maximum atomic E-state index is 3.13. The van der Waals surface area contributed by atoms with Gasteiger partial charge in [-0.2, -0.15) is 0 Å². The highest BCUT2D eigenvalue weighted by atomic mass is 15.6. The molecule has 0 radical (unpaired) electrons. The van der Waals surface area contributed by atoms with Crippen molar-refractivity contribution in [2.45, 2.75) is 0 Å². The molecule has 0 unspecified atom stereocenters. The first-order chi connectivity index (χ1) is 3.29.